The fourth-order valence-corrected chi connectivity index (χ4v) is 2.20. The molecule has 2 aromatic carbocycles. The van der Waals surface area contributed by atoms with Crippen molar-refractivity contribution in [1.82, 2.24) is 0 Å². The first-order valence-electron chi connectivity index (χ1n) is 5.53. The van der Waals surface area contributed by atoms with Crippen molar-refractivity contribution < 1.29 is 4.74 Å². The Labute approximate surface area is 130 Å². The van der Waals surface area contributed by atoms with Crippen LogP contribution in [-0.2, 0) is 6.61 Å². The molecule has 2 aromatic rings. The van der Waals surface area contributed by atoms with Crippen LogP contribution in [0.3, 0.4) is 0 Å². The van der Waals surface area contributed by atoms with E-state index in [-0.39, 0.29) is 0 Å². The zero-order valence-corrected chi connectivity index (χ0v) is 13.1. The lowest BCUT2D eigenvalue weighted by Crippen LogP contribution is -2.11. The number of hydrogen-bond acceptors (Lipinski definition) is 2. The Hall–Kier alpha value is -1.10. The molecule has 0 aliphatic rings. The first-order valence-corrected chi connectivity index (χ1v) is 7.11. The molecule has 0 spiro atoms. The molecule has 98 valence electrons. The number of rotatable bonds is 4. The van der Waals surface area contributed by atoms with Crippen LogP contribution in [0.2, 0.25) is 5.02 Å². The molecule has 5 heteroatoms. The van der Waals surface area contributed by atoms with Crippen LogP contribution in [0.4, 0.5) is 0 Å². The number of benzene rings is 2. The third-order valence-electron chi connectivity index (χ3n) is 2.52. The second-order valence-corrected chi connectivity index (χ2v) is 5.71. The van der Waals surface area contributed by atoms with E-state index in [1.807, 2.05) is 42.5 Å². The number of halogens is 2. The second kappa shape index (κ2) is 6.37. The molecule has 0 heterocycles. The normalized spacial score (nSPS) is 10.2. The minimum absolute atomic E-state index is 0.318. The monoisotopic (exact) mass is 355 g/mol. The lowest BCUT2D eigenvalue weighted by molar-refractivity contribution is 0.305. The summed E-state index contributed by atoms with van der Waals surface area (Å²) in [6, 6.07) is 13.1. The zero-order chi connectivity index (χ0) is 13.8. The fourth-order valence-electron chi connectivity index (χ4n) is 1.56. The SMILES string of the molecule is NC(=S)c1ccc(Br)cc1OCc1ccc(Cl)cc1. The van der Waals surface area contributed by atoms with Gasteiger partial charge in [-0.2, -0.15) is 0 Å². The van der Waals surface area contributed by atoms with Gasteiger partial charge in [-0.15, -0.1) is 0 Å². The molecule has 0 saturated heterocycles. The maximum atomic E-state index is 5.84. The van der Waals surface area contributed by atoms with Crippen LogP contribution < -0.4 is 10.5 Å². The molecular weight excluding hydrogens is 346 g/mol. The third kappa shape index (κ3) is 3.93. The number of ether oxygens (including phenoxy) is 1. The largest absolute Gasteiger partial charge is 0.488 e. The van der Waals surface area contributed by atoms with Gasteiger partial charge in [-0.3, -0.25) is 0 Å². The summed E-state index contributed by atoms with van der Waals surface area (Å²) in [6.07, 6.45) is 0. The van der Waals surface area contributed by atoms with E-state index >= 15 is 0 Å². The molecule has 2 rings (SSSR count). The third-order valence-corrected chi connectivity index (χ3v) is 3.48. The Morgan fingerprint density at radius 2 is 1.89 bits per heavy atom. The quantitative estimate of drug-likeness (QED) is 0.829. The van der Waals surface area contributed by atoms with Crippen molar-refractivity contribution >= 4 is 44.7 Å². The van der Waals surface area contributed by atoms with E-state index < -0.39 is 0 Å². The van der Waals surface area contributed by atoms with Gasteiger partial charge in [0.2, 0.25) is 0 Å². The van der Waals surface area contributed by atoms with Gasteiger partial charge in [0.15, 0.2) is 0 Å². The predicted molar refractivity (Wildman–Crippen MR) is 85.8 cm³/mol. The average Bonchev–Trinajstić information content (AvgIpc) is 2.38. The molecule has 19 heavy (non-hydrogen) atoms. The van der Waals surface area contributed by atoms with Crippen molar-refractivity contribution in [3.8, 4) is 5.75 Å². The molecule has 0 amide bonds. The minimum Gasteiger partial charge on any atom is -0.488 e. The summed E-state index contributed by atoms with van der Waals surface area (Å²) in [5.74, 6) is 0.664. The van der Waals surface area contributed by atoms with E-state index in [9.17, 15) is 0 Å². The molecule has 2 N–H and O–H groups in total. The summed E-state index contributed by atoms with van der Waals surface area (Å²) in [7, 11) is 0. The summed E-state index contributed by atoms with van der Waals surface area (Å²) in [4.78, 5) is 0.318. The highest BCUT2D eigenvalue weighted by Gasteiger charge is 2.07. The van der Waals surface area contributed by atoms with Crippen LogP contribution in [0.15, 0.2) is 46.9 Å². The van der Waals surface area contributed by atoms with Crippen LogP contribution in [0.25, 0.3) is 0 Å². The molecular formula is C14H11BrClNOS. The van der Waals surface area contributed by atoms with Gasteiger partial charge in [0, 0.05) is 9.50 Å². The molecule has 0 saturated carbocycles. The highest BCUT2D eigenvalue weighted by molar-refractivity contribution is 9.10. The number of hydrogen-bond donors (Lipinski definition) is 1. The van der Waals surface area contributed by atoms with Crippen LogP contribution in [0, 0.1) is 0 Å². The minimum atomic E-state index is 0.318. The van der Waals surface area contributed by atoms with Crippen LogP contribution in [-0.4, -0.2) is 4.99 Å². The van der Waals surface area contributed by atoms with Gasteiger partial charge < -0.3 is 10.5 Å². The molecule has 0 atom stereocenters. The molecule has 0 radical (unpaired) electrons. The first kappa shape index (κ1) is 14.3. The molecule has 0 bridgehead atoms. The van der Waals surface area contributed by atoms with E-state index in [0.717, 1.165) is 15.6 Å². The van der Waals surface area contributed by atoms with E-state index in [2.05, 4.69) is 15.9 Å². The second-order valence-electron chi connectivity index (χ2n) is 3.92. The Morgan fingerprint density at radius 1 is 1.21 bits per heavy atom. The molecule has 0 aliphatic carbocycles. The molecule has 0 aliphatic heterocycles. The lowest BCUT2D eigenvalue weighted by Gasteiger charge is -2.11. The van der Waals surface area contributed by atoms with Gasteiger partial charge in [-0.25, -0.2) is 0 Å². The van der Waals surface area contributed by atoms with Crippen molar-refractivity contribution in [1.29, 1.82) is 0 Å². The Kier molecular flexibility index (Phi) is 4.80. The summed E-state index contributed by atoms with van der Waals surface area (Å²) >= 11 is 14.2. The van der Waals surface area contributed by atoms with Crippen LogP contribution in [0.5, 0.6) is 5.75 Å². The Balaban J connectivity index is 2.16. The van der Waals surface area contributed by atoms with Crippen molar-refractivity contribution in [2.75, 3.05) is 0 Å². The van der Waals surface area contributed by atoms with E-state index in [1.165, 1.54) is 0 Å². The van der Waals surface area contributed by atoms with Crippen LogP contribution >= 0.6 is 39.7 Å². The maximum absolute atomic E-state index is 5.84. The summed E-state index contributed by atoms with van der Waals surface area (Å²) < 4.78 is 6.68. The highest BCUT2D eigenvalue weighted by Crippen LogP contribution is 2.24. The smallest absolute Gasteiger partial charge is 0.131 e. The molecule has 2 nitrogen and oxygen atoms in total. The molecule has 0 aromatic heterocycles. The van der Waals surface area contributed by atoms with Crippen molar-refractivity contribution in [3.63, 3.8) is 0 Å². The van der Waals surface area contributed by atoms with Crippen molar-refractivity contribution in [2.45, 2.75) is 6.61 Å². The van der Waals surface area contributed by atoms with E-state index in [1.54, 1.807) is 0 Å². The van der Waals surface area contributed by atoms with Gasteiger partial charge in [0.1, 0.15) is 17.3 Å². The van der Waals surface area contributed by atoms with Gasteiger partial charge in [-0.05, 0) is 35.9 Å². The van der Waals surface area contributed by atoms with Gasteiger partial charge >= 0.3 is 0 Å². The first-order chi connectivity index (χ1) is 9.06. The van der Waals surface area contributed by atoms with E-state index in [4.69, 9.17) is 34.3 Å². The van der Waals surface area contributed by atoms with Crippen LogP contribution in [0.1, 0.15) is 11.1 Å². The van der Waals surface area contributed by atoms with Crippen molar-refractivity contribution in [2.24, 2.45) is 5.73 Å². The molecule has 0 fully saturated rings. The zero-order valence-electron chi connectivity index (χ0n) is 9.90. The van der Waals surface area contributed by atoms with Gasteiger partial charge in [-0.1, -0.05) is 51.9 Å². The standard InChI is InChI=1S/C14H11BrClNOS/c15-10-3-6-12(14(17)19)13(7-10)18-8-9-1-4-11(16)5-2-9/h1-7H,8H2,(H2,17,19). The average molecular weight is 357 g/mol. The van der Waals surface area contributed by atoms with Crippen molar-refractivity contribution in [3.05, 3.63) is 63.1 Å². The summed E-state index contributed by atoms with van der Waals surface area (Å²) in [6.45, 7) is 0.434. The lowest BCUT2D eigenvalue weighted by atomic mass is 10.2. The fraction of sp³-hybridized carbons (Fsp3) is 0.0714. The Morgan fingerprint density at radius 3 is 2.53 bits per heavy atom. The van der Waals surface area contributed by atoms with Gasteiger partial charge in [0.25, 0.3) is 0 Å². The van der Waals surface area contributed by atoms with E-state index in [0.29, 0.717) is 22.4 Å². The topological polar surface area (TPSA) is 35.2 Å². The number of nitrogens with two attached hydrogens (primary N) is 1. The Bertz CT molecular complexity index is 601. The maximum Gasteiger partial charge on any atom is 0.131 e. The highest BCUT2D eigenvalue weighted by atomic mass is 79.9. The number of thiocarbonyl (C=S) groups is 1. The summed E-state index contributed by atoms with van der Waals surface area (Å²) in [5, 5.41) is 0.704. The summed E-state index contributed by atoms with van der Waals surface area (Å²) in [5.41, 5.74) is 7.43. The molecule has 0 unspecified atom stereocenters. The predicted octanol–water partition coefficient (Wildman–Crippen LogP) is 4.32. The van der Waals surface area contributed by atoms with Gasteiger partial charge in [0.05, 0.1) is 5.56 Å².